The molecule has 4 rings (SSSR count). The molecule has 1 aromatic heterocycles. The summed E-state index contributed by atoms with van der Waals surface area (Å²) in [6.07, 6.45) is 8.47. The summed E-state index contributed by atoms with van der Waals surface area (Å²) in [6, 6.07) is 4.52. The topological polar surface area (TPSA) is 25.4 Å². The molecule has 1 saturated heterocycles. The summed E-state index contributed by atoms with van der Waals surface area (Å²) in [5.74, 6) is 1.00. The molecule has 2 heterocycles. The summed E-state index contributed by atoms with van der Waals surface area (Å²) in [5.41, 5.74) is 6.67. The average Bonchev–Trinajstić information content (AvgIpc) is 3.08. The van der Waals surface area contributed by atoms with Crippen molar-refractivity contribution in [2.45, 2.75) is 58.8 Å². The van der Waals surface area contributed by atoms with Crippen LogP contribution in [0.5, 0.6) is 5.75 Å². The molecule has 0 N–H and O–H groups in total. The van der Waals surface area contributed by atoms with Crippen molar-refractivity contribution in [1.82, 2.24) is 10.0 Å². The number of aryl methyl sites for hydroxylation is 3. The predicted octanol–water partition coefficient (Wildman–Crippen LogP) is 4.37. The first-order chi connectivity index (χ1) is 11.3. The summed E-state index contributed by atoms with van der Waals surface area (Å²) in [4.78, 5) is 11.1. The molecule has 0 spiro atoms. The molecular weight excluding hydrogens is 284 g/mol. The molecule has 3 heteroatoms. The van der Waals surface area contributed by atoms with E-state index in [9.17, 15) is 0 Å². The van der Waals surface area contributed by atoms with Crippen LogP contribution < -0.4 is 4.84 Å². The Morgan fingerprint density at radius 1 is 1.04 bits per heavy atom. The van der Waals surface area contributed by atoms with Crippen LogP contribution in [0.15, 0.2) is 12.1 Å². The molecule has 0 atom stereocenters. The summed E-state index contributed by atoms with van der Waals surface area (Å²) >= 11 is 0. The van der Waals surface area contributed by atoms with E-state index >= 15 is 0 Å². The zero-order valence-corrected chi connectivity index (χ0v) is 14.3. The smallest absolute Gasteiger partial charge is 0.152 e. The van der Waals surface area contributed by atoms with Crippen molar-refractivity contribution in [3.8, 4) is 5.75 Å². The lowest BCUT2D eigenvalue weighted by Crippen LogP contribution is -2.24. The highest BCUT2D eigenvalue weighted by atomic mass is 16.7. The van der Waals surface area contributed by atoms with Crippen LogP contribution in [0.25, 0.3) is 10.9 Å². The number of pyridine rings is 1. The maximum atomic E-state index is 6.18. The van der Waals surface area contributed by atoms with Gasteiger partial charge in [0.05, 0.1) is 5.52 Å². The van der Waals surface area contributed by atoms with Gasteiger partial charge in [0.2, 0.25) is 0 Å². The van der Waals surface area contributed by atoms with Gasteiger partial charge in [-0.15, -0.1) is 5.06 Å². The van der Waals surface area contributed by atoms with E-state index in [4.69, 9.17) is 9.82 Å². The Bertz CT molecular complexity index is 732. The quantitative estimate of drug-likeness (QED) is 0.841. The normalized spacial score (nSPS) is 18.3. The second-order valence-electron chi connectivity index (χ2n) is 6.92. The molecule has 3 nitrogen and oxygen atoms in total. The van der Waals surface area contributed by atoms with Crippen molar-refractivity contribution in [1.29, 1.82) is 0 Å². The molecule has 122 valence electrons. The van der Waals surface area contributed by atoms with Crippen molar-refractivity contribution in [2.75, 3.05) is 13.1 Å². The van der Waals surface area contributed by atoms with Crippen LogP contribution in [0.1, 0.15) is 55.0 Å². The lowest BCUT2D eigenvalue weighted by Gasteiger charge is -2.22. The summed E-state index contributed by atoms with van der Waals surface area (Å²) in [5, 5.41) is 3.46. The zero-order valence-electron chi connectivity index (χ0n) is 14.3. The first-order valence-electron chi connectivity index (χ1n) is 9.14. The molecule has 0 unspecified atom stereocenters. The van der Waals surface area contributed by atoms with E-state index in [2.05, 4.69) is 31.0 Å². The molecular formula is C20H26N2O. The number of fused-ring (bicyclic) bond motifs is 3. The van der Waals surface area contributed by atoms with Crippen LogP contribution in [0.2, 0.25) is 0 Å². The van der Waals surface area contributed by atoms with Crippen molar-refractivity contribution in [3.63, 3.8) is 0 Å². The number of hydrogen-bond donors (Lipinski definition) is 0. The third-order valence-electron chi connectivity index (χ3n) is 5.37. The van der Waals surface area contributed by atoms with E-state index in [0.717, 1.165) is 30.8 Å². The predicted molar refractivity (Wildman–Crippen MR) is 93.9 cm³/mol. The number of hydrogen-bond acceptors (Lipinski definition) is 3. The van der Waals surface area contributed by atoms with Crippen molar-refractivity contribution in [2.24, 2.45) is 0 Å². The summed E-state index contributed by atoms with van der Waals surface area (Å²) in [7, 11) is 0. The van der Waals surface area contributed by atoms with Crippen molar-refractivity contribution >= 4 is 10.9 Å². The summed E-state index contributed by atoms with van der Waals surface area (Å²) in [6.45, 7) is 6.46. The zero-order chi connectivity index (χ0) is 15.8. The van der Waals surface area contributed by atoms with Gasteiger partial charge in [0.15, 0.2) is 5.75 Å². The van der Waals surface area contributed by atoms with Crippen molar-refractivity contribution < 1.29 is 4.84 Å². The van der Waals surface area contributed by atoms with Crippen LogP contribution in [0, 0.1) is 6.92 Å². The number of benzene rings is 1. The molecule has 1 aromatic carbocycles. The third kappa shape index (κ3) is 2.72. The molecule has 1 aliphatic carbocycles. The van der Waals surface area contributed by atoms with E-state index in [1.165, 1.54) is 60.7 Å². The maximum Gasteiger partial charge on any atom is 0.152 e. The first kappa shape index (κ1) is 14.9. The monoisotopic (exact) mass is 310 g/mol. The molecule has 0 bridgehead atoms. The van der Waals surface area contributed by atoms with Gasteiger partial charge in [0.25, 0.3) is 0 Å². The van der Waals surface area contributed by atoms with E-state index in [0.29, 0.717) is 0 Å². The van der Waals surface area contributed by atoms with E-state index in [1.54, 1.807) is 5.56 Å². The van der Waals surface area contributed by atoms with Gasteiger partial charge in [-0.05, 0) is 74.6 Å². The fourth-order valence-electron chi connectivity index (χ4n) is 4.08. The SMILES string of the molecule is CCc1cc2c3c(c(C)nc2cc1ON1CCCC1)CCCC3. The van der Waals surface area contributed by atoms with Crippen LogP contribution in [0.4, 0.5) is 0 Å². The fourth-order valence-corrected chi connectivity index (χ4v) is 4.08. The standard InChI is InChI=1S/C20H26N2O/c1-3-15-12-18-17-9-5-4-8-16(17)14(2)21-19(18)13-20(15)23-22-10-6-7-11-22/h12-13H,3-11H2,1-2H3. The highest BCUT2D eigenvalue weighted by Crippen LogP contribution is 2.34. The number of nitrogens with zero attached hydrogens (tertiary/aromatic N) is 2. The number of rotatable bonds is 3. The Kier molecular flexibility index (Phi) is 3.98. The van der Waals surface area contributed by atoms with Gasteiger partial charge in [-0.1, -0.05) is 6.92 Å². The second kappa shape index (κ2) is 6.12. The maximum absolute atomic E-state index is 6.18. The minimum Gasteiger partial charge on any atom is -0.406 e. The average molecular weight is 310 g/mol. The largest absolute Gasteiger partial charge is 0.406 e. The molecule has 0 radical (unpaired) electrons. The Hall–Kier alpha value is -1.61. The van der Waals surface area contributed by atoms with E-state index in [-0.39, 0.29) is 0 Å². The minimum absolute atomic E-state index is 1.00. The van der Waals surface area contributed by atoms with Crippen molar-refractivity contribution in [3.05, 3.63) is 34.5 Å². The van der Waals surface area contributed by atoms with Crippen LogP contribution >= 0.6 is 0 Å². The second-order valence-corrected chi connectivity index (χ2v) is 6.92. The van der Waals surface area contributed by atoms with Gasteiger partial charge in [-0.3, -0.25) is 4.98 Å². The van der Waals surface area contributed by atoms with Crippen LogP contribution in [-0.2, 0) is 19.3 Å². The lowest BCUT2D eigenvalue weighted by atomic mass is 9.87. The van der Waals surface area contributed by atoms with E-state index < -0.39 is 0 Å². The van der Waals surface area contributed by atoms with Gasteiger partial charge >= 0.3 is 0 Å². The van der Waals surface area contributed by atoms with Gasteiger partial charge in [-0.25, -0.2) is 0 Å². The lowest BCUT2D eigenvalue weighted by molar-refractivity contribution is -0.0353. The highest BCUT2D eigenvalue weighted by molar-refractivity contribution is 5.86. The van der Waals surface area contributed by atoms with E-state index in [1.807, 2.05) is 0 Å². The minimum atomic E-state index is 1.00. The van der Waals surface area contributed by atoms with Gasteiger partial charge in [0, 0.05) is 30.2 Å². The Balaban J connectivity index is 1.82. The van der Waals surface area contributed by atoms with Gasteiger partial charge in [0.1, 0.15) is 0 Å². The molecule has 1 aliphatic heterocycles. The molecule has 23 heavy (non-hydrogen) atoms. The third-order valence-corrected chi connectivity index (χ3v) is 5.37. The number of aromatic nitrogens is 1. The first-order valence-corrected chi connectivity index (χ1v) is 9.14. The Morgan fingerprint density at radius 3 is 2.52 bits per heavy atom. The number of hydroxylamine groups is 2. The highest BCUT2D eigenvalue weighted by Gasteiger charge is 2.20. The van der Waals surface area contributed by atoms with Crippen LogP contribution in [0.3, 0.4) is 0 Å². The molecule has 1 fully saturated rings. The Labute approximate surface area is 138 Å². The fraction of sp³-hybridized carbons (Fsp3) is 0.550. The molecule has 2 aliphatic rings. The Morgan fingerprint density at radius 2 is 1.78 bits per heavy atom. The summed E-state index contributed by atoms with van der Waals surface area (Å²) < 4.78 is 0. The molecule has 0 amide bonds. The van der Waals surface area contributed by atoms with Gasteiger partial charge < -0.3 is 4.84 Å². The van der Waals surface area contributed by atoms with Gasteiger partial charge in [-0.2, -0.15) is 0 Å². The molecule has 0 saturated carbocycles. The molecule has 2 aromatic rings. The van der Waals surface area contributed by atoms with Crippen LogP contribution in [-0.4, -0.2) is 23.1 Å².